The van der Waals surface area contributed by atoms with E-state index in [1.165, 1.54) is 25.3 Å². The van der Waals surface area contributed by atoms with E-state index in [2.05, 4.69) is 29.9 Å². The number of unbranched alkanes of at least 4 members (excludes halogenated alkanes) is 2. The van der Waals surface area contributed by atoms with E-state index in [4.69, 9.17) is 23.8 Å². The highest BCUT2D eigenvalue weighted by Crippen LogP contribution is 2.62. The molecule has 1 saturated carbocycles. The van der Waals surface area contributed by atoms with Gasteiger partial charge in [0.2, 0.25) is 11.7 Å². The number of non-ortho nitro benzene ring substituents is 1. The lowest BCUT2D eigenvalue weighted by Crippen LogP contribution is -2.70. The van der Waals surface area contributed by atoms with Crippen molar-refractivity contribution in [2.24, 2.45) is 22.9 Å². The molecule has 65 heavy (non-hydrogen) atoms. The highest BCUT2D eigenvalue weighted by molar-refractivity contribution is 6.03. The summed E-state index contributed by atoms with van der Waals surface area (Å²) in [5.41, 5.74) is 2.96. The Hall–Kier alpha value is -5.90. The van der Waals surface area contributed by atoms with Gasteiger partial charge < -0.3 is 44.0 Å². The average Bonchev–Trinajstić information content (AvgIpc) is 3.32. The first kappa shape index (κ1) is 47.1. The third kappa shape index (κ3) is 10.6. The maximum absolute atomic E-state index is 14.8. The number of oxime groups is 1. The fraction of sp³-hybridized carbons (Fsp3) is 0.412. The SMILES string of the molecule is C=CCO[C@@]12Oc3ccc(Oc4ccc5ccccc5c4)cc3[C@H]3[C@H](CCCCO)[C@@H](CCCCO)C=C(C(=NOC)C[C@@H]1N(CCOCCO)C(=O)C=Cc1ccc([N+](=O)[O-])cc1)[C@H]32. The molecule has 6 atom stereocenters. The number of amides is 1. The minimum atomic E-state index is -1.51. The molecule has 0 saturated heterocycles. The summed E-state index contributed by atoms with van der Waals surface area (Å²) < 4.78 is 26.8. The third-order valence-corrected chi connectivity index (χ3v) is 12.7. The number of hydrogen-bond donors (Lipinski definition) is 3. The summed E-state index contributed by atoms with van der Waals surface area (Å²) in [6.45, 7) is 4.27. The van der Waals surface area contributed by atoms with Crippen molar-refractivity contribution >= 4 is 34.2 Å². The molecule has 1 heterocycles. The Labute approximate surface area is 379 Å². The number of aliphatic hydroxyl groups is 3. The number of ether oxygens (including phenoxy) is 4. The Morgan fingerprint density at radius 1 is 0.938 bits per heavy atom. The van der Waals surface area contributed by atoms with E-state index in [0.717, 1.165) is 47.6 Å². The van der Waals surface area contributed by atoms with Gasteiger partial charge in [-0.1, -0.05) is 60.5 Å². The number of benzene rings is 4. The topological polar surface area (TPSA) is 183 Å². The van der Waals surface area contributed by atoms with Gasteiger partial charge in [0.25, 0.3) is 5.69 Å². The highest BCUT2D eigenvalue weighted by atomic mass is 16.7. The minimum Gasteiger partial charge on any atom is -0.459 e. The van der Waals surface area contributed by atoms with Gasteiger partial charge in [0.05, 0.1) is 43.0 Å². The van der Waals surface area contributed by atoms with E-state index in [0.29, 0.717) is 41.4 Å². The first-order chi connectivity index (χ1) is 31.7. The molecule has 14 nitrogen and oxygen atoms in total. The molecule has 4 aromatic rings. The van der Waals surface area contributed by atoms with Crippen molar-refractivity contribution in [2.75, 3.05) is 53.3 Å². The number of nitro groups is 1. The fourth-order valence-corrected chi connectivity index (χ4v) is 9.91. The Morgan fingerprint density at radius 3 is 2.40 bits per heavy atom. The largest absolute Gasteiger partial charge is 0.459 e. The summed E-state index contributed by atoms with van der Waals surface area (Å²) >= 11 is 0. The molecule has 0 aromatic heterocycles. The number of carbonyl (C=O) groups is 1. The molecule has 1 amide bonds. The molecule has 344 valence electrons. The second kappa shape index (κ2) is 22.3. The first-order valence-corrected chi connectivity index (χ1v) is 22.4. The van der Waals surface area contributed by atoms with Crippen LogP contribution in [0.3, 0.4) is 0 Å². The summed E-state index contributed by atoms with van der Waals surface area (Å²) in [4.78, 5) is 32.9. The van der Waals surface area contributed by atoms with Crippen molar-refractivity contribution in [1.82, 2.24) is 4.90 Å². The van der Waals surface area contributed by atoms with E-state index in [1.54, 1.807) is 29.2 Å². The van der Waals surface area contributed by atoms with Gasteiger partial charge in [-0.3, -0.25) is 14.9 Å². The monoisotopic (exact) mass is 889 g/mol. The van der Waals surface area contributed by atoms with Crippen LogP contribution in [0.25, 0.3) is 16.8 Å². The van der Waals surface area contributed by atoms with Crippen molar-refractivity contribution in [2.45, 2.75) is 62.7 Å². The lowest BCUT2D eigenvalue weighted by molar-refractivity contribution is -0.384. The molecule has 0 radical (unpaired) electrons. The summed E-state index contributed by atoms with van der Waals surface area (Å²) in [6, 6.07) is 25.0. The molecule has 3 aliphatic rings. The van der Waals surface area contributed by atoms with Crippen LogP contribution in [0.2, 0.25) is 0 Å². The predicted molar refractivity (Wildman–Crippen MR) is 248 cm³/mol. The number of hydrogen-bond acceptors (Lipinski definition) is 12. The molecule has 1 aliphatic heterocycles. The smallest absolute Gasteiger partial charge is 0.269 e. The number of nitro benzene ring substituents is 1. The van der Waals surface area contributed by atoms with Crippen LogP contribution in [-0.4, -0.2) is 102 Å². The molecule has 3 N–H and O–H groups in total. The van der Waals surface area contributed by atoms with Crippen LogP contribution >= 0.6 is 0 Å². The van der Waals surface area contributed by atoms with Crippen molar-refractivity contribution in [3.63, 3.8) is 0 Å². The lowest BCUT2D eigenvalue weighted by atomic mass is 9.55. The Bertz CT molecular complexity index is 2360. The van der Waals surface area contributed by atoms with Crippen LogP contribution < -0.4 is 9.47 Å². The zero-order chi connectivity index (χ0) is 45.8. The van der Waals surface area contributed by atoms with Crippen molar-refractivity contribution in [3.05, 3.63) is 137 Å². The summed E-state index contributed by atoms with van der Waals surface area (Å²) in [5.74, 6) is -0.801. The summed E-state index contributed by atoms with van der Waals surface area (Å²) in [5, 5.41) is 47.6. The van der Waals surface area contributed by atoms with Crippen molar-refractivity contribution < 1.29 is 48.8 Å². The normalized spacial score (nSPS) is 22.7. The van der Waals surface area contributed by atoms with Crippen LogP contribution in [0.5, 0.6) is 17.2 Å². The number of rotatable bonds is 23. The second-order valence-corrected chi connectivity index (χ2v) is 16.6. The van der Waals surface area contributed by atoms with Crippen LogP contribution in [0.4, 0.5) is 5.69 Å². The van der Waals surface area contributed by atoms with Crippen LogP contribution in [0.15, 0.2) is 120 Å². The van der Waals surface area contributed by atoms with Gasteiger partial charge in [0, 0.05) is 55.9 Å². The van der Waals surface area contributed by atoms with Gasteiger partial charge in [-0.2, -0.15) is 0 Å². The first-order valence-electron chi connectivity index (χ1n) is 22.4. The number of fused-ring (bicyclic) bond motifs is 3. The van der Waals surface area contributed by atoms with Gasteiger partial charge in [0.15, 0.2) is 0 Å². The van der Waals surface area contributed by atoms with Gasteiger partial charge in [-0.15, -0.1) is 6.58 Å². The molecule has 7 rings (SSSR count). The fourth-order valence-electron chi connectivity index (χ4n) is 9.91. The van der Waals surface area contributed by atoms with Gasteiger partial charge in [0.1, 0.15) is 30.4 Å². The Morgan fingerprint density at radius 2 is 1.68 bits per heavy atom. The molecule has 4 aromatic carbocycles. The molecular weight excluding hydrogens is 831 g/mol. The number of allylic oxidation sites excluding steroid dienone is 1. The van der Waals surface area contributed by atoms with Crippen molar-refractivity contribution in [1.29, 1.82) is 0 Å². The van der Waals surface area contributed by atoms with E-state index in [-0.39, 0.29) is 76.0 Å². The third-order valence-electron chi connectivity index (χ3n) is 12.7. The molecule has 0 unspecified atom stereocenters. The summed E-state index contributed by atoms with van der Waals surface area (Å²) in [7, 11) is 1.50. The lowest BCUT2D eigenvalue weighted by Gasteiger charge is -2.60. The molecular formula is C51H59N3O11. The van der Waals surface area contributed by atoms with E-state index < -0.39 is 28.6 Å². The molecule has 0 spiro atoms. The van der Waals surface area contributed by atoms with E-state index in [1.807, 2.05) is 48.5 Å². The summed E-state index contributed by atoms with van der Waals surface area (Å²) in [6.07, 6.45) is 11.5. The maximum Gasteiger partial charge on any atom is 0.269 e. The van der Waals surface area contributed by atoms with Crippen LogP contribution in [0, 0.1) is 27.9 Å². The van der Waals surface area contributed by atoms with Gasteiger partial charge in [-0.05, 0) is 108 Å². The maximum atomic E-state index is 14.8. The van der Waals surface area contributed by atoms with Crippen LogP contribution in [-0.2, 0) is 19.1 Å². The standard InChI is InChI=1S/C51H59N3O11/c1-3-28-63-51-47(53(24-29-62-30-27-57)48(58)23-16-35-14-18-39(19-15-35)54(59)60)34-45(52-61-2)43-32-38(12-6-8-25-55)42(13-7-9-26-56)49(50(43)51)44-33-41(21-22-46(44)65-51)64-40-20-17-36-10-4-5-11-37(36)31-40/h3-5,10-11,14-23,31-33,38,42,47,49-50,55-57H,1,6-9,12-13,24-30,34H2,2H3/t38-,42+,47-,49+,50+,51+/m0/s1. The van der Waals surface area contributed by atoms with E-state index >= 15 is 0 Å². The molecule has 14 heteroatoms. The van der Waals surface area contributed by atoms with Gasteiger partial charge in [-0.25, -0.2) is 0 Å². The van der Waals surface area contributed by atoms with Gasteiger partial charge >= 0.3 is 0 Å². The quantitative estimate of drug-likeness (QED) is 0.0214. The zero-order valence-electron chi connectivity index (χ0n) is 36.8. The van der Waals surface area contributed by atoms with Crippen molar-refractivity contribution in [3.8, 4) is 17.2 Å². The molecule has 2 aliphatic carbocycles. The number of carbonyl (C=O) groups excluding carboxylic acids is 1. The number of nitrogens with zero attached hydrogens (tertiary/aromatic N) is 3. The Balaban J connectivity index is 1.39. The van der Waals surface area contributed by atoms with Crippen LogP contribution in [0.1, 0.15) is 62.0 Å². The number of aliphatic hydroxyl groups excluding tert-OH is 3. The molecule has 0 bridgehead atoms. The average molecular weight is 890 g/mol. The predicted octanol–water partition coefficient (Wildman–Crippen LogP) is 8.35. The molecule has 1 fully saturated rings. The zero-order valence-corrected chi connectivity index (χ0v) is 36.8. The highest BCUT2D eigenvalue weighted by Gasteiger charge is 2.65. The second-order valence-electron chi connectivity index (χ2n) is 16.6. The Kier molecular flexibility index (Phi) is 16.2. The minimum absolute atomic E-state index is 0.000819. The van der Waals surface area contributed by atoms with E-state index in [9.17, 15) is 30.2 Å².